The molecule has 1 heterocycles. The molecule has 3 aromatic rings. The number of carbonyl (C=O) groups is 2. The Bertz CT molecular complexity index is 1400. The fourth-order valence-corrected chi connectivity index (χ4v) is 4.56. The lowest BCUT2D eigenvalue weighted by atomic mass is 9.86. The van der Waals surface area contributed by atoms with E-state index in [1.54, 1.807) is 49.0 Å². The van der Waals surface area contributed by atoms with Crippen molar-refractivity contribution in [2.45, 2.75) is 19.8 Å². The summed E-state index contributed by atoms with van der Waals surface area (Å²) in [5, 5.41) is 5.42. The molecule has 2 N–H and O–H groups in total. The van der Waals surface area contributed by atoms with Gasteiger partial charge in [-0.1, -0.05) is 29.8 Å². The minimum Gasteiger partial charge on any atom is -0.493 e. The Morgan fingerprint density at radius 1 is 1.10 bits per heavy atom. The summed E-state index contributed by atoms with van der Waals surface area (Å²) >= 11 is 6.03. The number of rotatable bonds is 14. The van der Waals surface area contributed by atoms with Crippen molar-refractivity contribution < 1.29 is 23.1 Å². The molecule has 0 spiro atoms. The largest absolute Gasteiger partial charge is 0.493 e. The lowest BCUT2D eigenvalue weighted by Gasteiger charge is -2.27. The highest BCUT2D eigenvalue weighted by atomic mass is 35.5. The van der Waals surface area contributed by atoms with E-state index in [1.807, 2.05) is 25.1 Å². The van der Waals surface area contributed by atoms with E-state index >= 15 is 0 Å². The Balaban J connectivity index is 1.84. The van der Waals surface area contributed by atoms with Crippen molar-refractivity contribution in [3.63, 3.8) is 0 Å². The van der Waals surface area contributed by atoms with Gasteiger partial charge in [0.1, 0.15) is 11.4 Å². The third-order valence-corrected chi connectivity index (χ3v) is 6.89. The molecular weight excluding hydrogens is 556 g/mol. The minimum atomic E-state index is -1.85. The van der Waals surface area contributed by atoms with Crippen LogP contribution in [0.4, 0.5) is 14.5 Å². The van der Waals surface area contributed by atoms with Crippen LogP contribution in [0, 0.1) is 5.41 Å². The Morgan fingerprint density at radius 2 is 1.78 bits per heavy atom. The number of ether oxygens (including phenoxy) is 1. The first-order valence-electron chi connectivity index (χ1n) is 13.2. The van der Waals surface area contributed by atoms with Crippen LogP contribution in [0.15, 0.2) is 53.3 Å². The zero-order chi connectivity index (χ0) is 30.2. The highest BCUT2D eigenvalue weighted by Crippen LogP contribution is 2.27. The molecule has 0 unspecified atom stereocenters. The quantitative estimate of drug-likeness (QED) is 0.295. The van der Waals surface area contributed by atoms with Crippen LogP contribution in [0.25, 0.3) is 5.69 Å². The number of amides is 2. The maximum absolute atomic E-state index is 14.3. The van der Waals surface area contributed by atoms with Crippen molar-refractivity contribution in [3.05, 3.63) is 75.2 Å². The van der Waals surface area contributed by atoms with Crippen LogP contribution in [-0.2, 0) is 18.3 Å². The first kappa shape index (κ1) is 31.8. The number of nitrogens with zero attached hydrogens (tertiary/aromatic N) is 3. The minimum absolute atomic E-state index is 0.0409. The molecule has 0 aliphatic heterocycles. The van der Waals surface area contributed by atoms with Gasteiger partial charge in [0.15, 0.2) is 0 Å². The summed E-state index contributed by atoms with van der Waals surface area (Å²) in [6, 6.07) is 13.4. The van der Waals surface area contributed by atoms with E-state index < -0.39 is 49.1 Å². The molecule has 0 aliphatic carbocycles. The molecule has 0 saturated heterocycles. The van der Waals surface area contributed by atoms with Gasteiger partial charge in [0, 0.05) is 38.0 Å². The number of hydrogen-bond donors (Lipinski definition) is 2. The van der Waals surface area contributed by atoms with Gasteiger partial charge in [0.2, 0.25) is 5.91 Å². The summed E-state index contributed by atoms with van der Waals surface area (Å²) in [4.78, 5) is 41.5. The van der Waals surface area contributed by atoms with Gasteiger partial charge in [-0.3, -0.25) is 27.8 Å². The second-order valence-electron chi connectivity index (χ2n) is 10.1. The van der Waals surface area contributed by atoms with Crippen molar-refractivity contribution in [3.8, 4) is 11.4 Å². The van der Waals surface area contributed by atoms with E-state index in [2.05, 4.69) is 10.6 Å². The molecule has 0 aliphatic rings. The lowest BCUT2D eigenvalue weighted by Crippen LogP contribution is -2.43. The summed E-state index contributed by atoms with van der Waals surface area (Å²) in [6.07, 6.45) is -0.176. The van der Waals surface area contributed by atoms with E-state index in [1.165, 1.54) is 16.8 Å². The smallest absolute Gasteiger partial charge is 0.295 e. The first-order chi connectivity index (χ1) is 19.6. The molecule has 12 heteroatoms. The first-order valence-corrected chi connectivity index (χ1v) is 13.6. The maximum atomic E-state index is 14.3. The van der Waals surface area contributed by atoms with Crippen molar-refractivity contribution in [2.24, 2.45) is 12.5 Å². The molecule has 0 bridgehead atoms. The van der Waals surface area contributed by atoms with E-state index in [0.717, 1.165) is 0 Å². The number of halogens is 3. The highest BCUT2D eigenvalue weighted by molar-refractivity contribution is 6.31. The van der Waals surface area contributed by atoms with Crippen molar-refractivity contribution in [2.75, 3.05) is 52.5 Å². The maximum Gasteiger partial charge on any atom is 0.295 e. The number of nitrogens with one attached hydrogen (secondary N) is 2. The monoisotopic (exact) mass is 591 g/mol. The van der Waals surface area contributed by atoms with Crippen LogP contribution >= 0.6 is 11.6 Å². The van der Waals surface area contributed by atoms with Crippen molar-refractivity contribution in [1.29, 1.82) is 0 Å². The van der Waals surface area contributed by atoms with Gasteiger partial charge in [-0.2, -0.15) is 0 Å². The molecular formula is C29H36ClF2N5O4. The Labute approximate surface area is 243 Å². The van der Waals surface area contributed by atoms with Gasteiger partial charge >= 0.3 is 0 Å². The number of para-hydroxylation sites is 1. The number of anilines is 1. The number of likely N-dealkylation sites (N-methyl/N-ethyl adjacent to an activating group) is 1. The molecule has 0 fully saturated rings. The van der Waals surface area contributed by atoms with Crippen LogP contribution in [0.5, 0.6) is 5.75 Å². The average Bonchev–Trinajstić information content (AvgIpc) is 3.19. The fourth-order valence-electron chi connectivity index (χ4n) is 4.39. The predicted molar refractivity (Wildman–Crippen MR) is 156 cm³/mol. The second kappa shape index (κ2) is 14.3. The van der Waals surface area contributed by atoms with Crippen LogP contribution in [0.2, 0.25) is 5.02 Å². The Morgan fingerprint density at radius 3 is 2.39 bits per heavy atom. The Kier molecular flexibility index (Phi) is 11.1. The van der Waals surface area contributed by atoms with Crippen molar-refractivity contribution in [1.82, 2.24) is 19.6 Å². The highest BCUT2D eigenvalue weighted by Gasteiger charge is 2.35. The SMILES string of the molecule is CCOc1ccc(Cl)cc1C(=O)NCC(CF)(CF)CC(=O)Nc1c(CCN(C)C)n(C)n(-c2ccccc2)c1=O. The molecule has 0 atom stereocenters. The number of hydrogen-bond acceptors (Lipinski definition) is 5. The van der Waals surface area contributed by atoms with E-state index in [4.69, 9.17) is 16.3 Å². The summed E-state index contributed by atoms with van der Waals surface area (Å²) in [6.45, 7) is -0.278. The Hall–Kier alpha value is -3.70. The van der Waals surface area contributed by atoms with Gasteiger partial charge in [-0.15, -0.1) is 0 Å². The van der Waals surface area contributed by atoms with Gasteiger partial charge in [-0.05, 0) is 51.4 Å². The van der Waals surface area contributed by atoms with Crippen molar-refractivity contribution >= 4 is 29.1 Å². The number of alkyl halides is 2. The molecule has 2 amide bonds. The molecule has 3 rings (SSSR count). The molecule has 41 heavy (non-hydrogen) atoms. The van der Waals surface area contributed by atoms with Gasteiger partial charge in [-0.25, -0.2) is 4.68 Å². The molecule has 222 valence electrons. The van der Waals surface area contributed by atoms with Crippen LogP contribution in [-0.4, -0.2) is 73.2 Å². The van der Waals surface area contributed by atoms with Crippen LogP contribution in [0.1, 0.15) is 29.4 Å². The van der Waals surface area contributed by atoms with Gasteiger partial charge in [0.25, 0.3) is 11.5 Å². The summed E-state index contributed by atoms with van der Waals surface area (Å²) < 4.78 is 37.1. The van der Waals surface area contributed by atoms with Crippen LogP contribution < -0.4 is 20.9 Å². The fraction of sp³-hybridized carbons (Fsp3) is 0.414. The third-order valence-electron chi connectivity index (χ3n) is 6.66. The van der Waals surface area contributed by atoms with Gasteiger partial charge < -0.3 is 20.3 Å². The number of aromatic nitrogens is 2. The molecule has 0 saturated carbocycles. The zero-order valence-corrected chi connectivity index (χ0v) is 24.4. The molecule has 0 radical (unpaired) electrons. The molecule has 1 aromatic heterocycles. The van der Waals surface area contributed by atoms with Crippen LogP contribution in [0.3, 0.4) is 0 Å². The van der Waals surface area contributed by atoms with E-state index in [9.17, 15) is 23.2 Å². The lowest BCUT2D eigenvalue weighted by molar-refractivity contribution is -0.119. The summed E-state index contributed by atoms with van der Waals surface area (Å²) in [7, 11) is 5.48. The number of benzene rings is 2. The van der Waals surface area contributed by atoms with Gasteiger partial charge in [0.05, 0.1) is 42.3 Å². The number of carbonyl (C=O) groups excluding carboxylic acids is 2. The molecule has 2 aromatic carbocycles. The second-order valence-corrected chi connectivity index (χ2v) is 10.5. The van der Waals surface area contributed by atoms with E-state index in [0.29, 0.717) is 31.0 Å². The summed E-state index contributed by atoms with van der Waals surface area (Å²) in [5.41, 5.74) is -1.01. The standard InChI is InChI=1S/C29H36ClF2N5O4/c1-5-41-24-12-11-20(30)15-22(24)27(39)33-19-29(17-31,18-32)16-25(38)34-26-23(13-14-35(2)3)36(4)37(28(26)40)21-9-7-6-8-10-21/h6-12,15H,5,13-14,16-19H2,1-4H3,(H,33,39)(H,34,38). The average molecular weight is 592 g/mol. The topological polar surface area (TPSA) is 97.6 Å². The zero-order valence-electron chi connectivity index (χ0n) is 23.7. The normalized spacial score (nSPS) is 11.5. The van der Waals surface area contributed by atoms with E-state index in [-0.39, 0.29) is 22.0 Å². The molecule has 9 nitrogen and oxygen atoms in total. The third kappa shape index (κ3) is 7.74. The predicted octanol–water partition coefficient (Wildman–Crippen LogP) is 4.02. The summed E-state index contributed by atoms with van der Waals surface area (Å²) in [5.74, 6) is -1.13.